The Hall–Kier alpha value is -2.44. The lowest BCUT2D eigenvalue weighted by molar-refractivity contribution is -0.119. The van der Waals surface area contributed by atoms with Crippen molar-refractivity contribution in [2.75, 3.05) is 11.4 Å². The van der Waals surface area contributed by atoms with Crippen LogP contribution in [0.15, 0.2) is 24.5 Å². The average Bonchev–Trinajstić information content (AvgIpc) is 2.91. The maximum absolute atomic E-state index is 12.3. The number of phenols is 1. The fourth-order valence-corrected chi connectivity index (χ4v) is 2.36. The first-order valence-corrected chi connectivity index (χ1v) is 6.07. The highest BCUT2D eigenvalue weighted by molar-refractivity contribution is 5.96. The summed E-state index contributed by atoms with van der Waals surface area (Å²) in [5, 5.41) is 20.6. The topological polar surface area (TPSA) is 84.1 Å². The molecule has 1 aliphatic heterocycles. The number of aromatic hydroxyl groups is 1. The Morgan fingerprint density at radius 1 is 1.42 bits per heavy atom. The molecule has 0 saturated carbocycles. The van der Waals surface area contributed by atoms with Crippen molar-refractivity contribution in [3.8, 4) is 5.75 Å². The van der Waals surface area contributed by atoms with Crippen molar-refractivity contribution in [3.05, 3.63) is 30.1 Å². The molecule has 1 aliphatic rings. The predicted octanol–water partition coefficient (Wildman–Crippen LogP) is 0.358. The average molecular weight is 259 g/mol. The number of anilines is 1. The molecular formula is C12H13N5O2. The van der Waals surface area contributed by atoms with E-state index in [1.807, 2.05) is 6.07 Å². The zero-order chi connectivity index (χ0) is 13.2. The Morgan fingerprint density at radius 2 is 2.32 bits per heavy atom. The molecule has 0 aliphatic carbocycles. The summed E-state index contributed by atoms with van der Waals surface area (Å²) in [5.74, 6) is 0.0111. The molecule has 0 bridgehead atoms. The van der Waals surface area contributed by atoms with Gasteiger partial charge in [0.25, 0.3) is 0 Å². The number of aryl methyl sites for hydroxylation is 1. The summed E-state index contributed by atoms with van der Waals surface area (Å²) in [4.78, 5) is 13.9. The van der Waals surface area contributed by atoms with E-state index in [0.717, 1.165) is 18.4 Å². The van der Waals surface area contributed by atoms with Crippen LogP contribution < -0.4 is 4.90 Å². The van der Waals surface area contributed by atoms with Gasteiger partial charge in [-0.1, -0.05) is 12.1 Å². The third kappa shape index (κ3) is 2.14. The van der Waals surface area contributed by atoms with Crippen LogP contribution in [-0.2, 0) is 17.8 Å². The van der Waals surface area contributed by atoms with E-state index in [2.05, 4.69) is 15.5 Å². The Balaban J connectivity index is 1.89. The van der Waals surface area contributed by atoms with Crippen LogP contribution in [0.25, 0.3) is 0 Å². The summed E-state index contributed by atoms with van der Waals surface area (Å²) in [7, 11) is 0. The van der Waals surface area contributed by atoms with E-state index in [1.54, 1.807) is 17.0 Å². The van der Waals surface area contributed by atoms with E-state index in [-0.39, 0.29) is 18.2 Å². The monoisotopic (exact) mass is 259 g/mol. The molecule has 7 nitrogen and oxygen atoms in total. The number of tetrazole rings is 1. The highest BCUT2D eigenvalue weighted by atomic mass is 16.3. The summed E-state index contributed by atoms with van der Waals surface area (Å²) < 4.78 is 1.37. The molecule has 0 fully saturated rings. The van der Waals surface area contributed by atoms with Gasteiger partial charge in [0.1, 0.15) is 18.6 Å². The molecule has 2 aromatic rings. The fourth-order valence-electron chi connectivity index (χ4n) is 2.36. The first kappa shape index (κ1) is 11.6. The second kappa shape index (κ2) is 4.68. The van der Waals surface area contributed by atoms with E-state index in [1.165, 1.54) is 11.0 Å². The minimum Gasteiger partial charge on any atom is -0.506 e. The van der Waals surface area contributed by atoms with E-state index in [4.69, 9.17) is 0 Å². The summed E-state index contributed by atoms with van der Waals surface area (Å²) in [5.41, 5.74) is 1.61. The van der Waals surface area contributed by atoms with Crippen LogP contribution in [0, 0.1) is 0 Å². The number of carbonyl (C=O) groups is 1. The van der Waals surface area contributed by atoms with Crippen molar-refractivity contribution in [1.82, 2.24) is 20.2 Å². The minimum atomic E-state index is -0.130. The SMILES string of the molecule is O=C(Cn1cnnn1)N1CCCc2cccc(O)c21. The van der Waals surface area contributed by atoms with Crippen LogP contribution in [0.5, 0.6) is 5.75 Å². The van der Waals surface area contributed by atoms with Crippen molar-refractivity contribution in [3.63, 3.8) is 0 Å². The largest absolute Gasteiger partial charge is 0.506 e. The van der Waals surface area contributed by atoms with Gasteiger partial charge in [-0.2, -0.15) is 0 Å². The van der Waals surface area contributed by atoms with E-state index < -0.39 is 0 Å². The van der Waals surface area contributed by atoms with Crippen molar-refractivity contribution in [1.29, 1.82) is 0 Å². The molecule has 0 spiro atoms. The van der Waals surface area contributed by atoms with Gasteiger partial charge < -0.3 is 10.0 Å². The maximum Gasteiger partial charge on any atom is 0.248 e. The second-order valence-corrected chi connectivity index (χ2v) is 4.44. The highest BCUT2D eigenvalue weighted by Gasteiger charge is 2.25. The van der Waals surface area contributed by atoms with Gasteiger partial charge in [0.2, 0.25) is 5.91 Å². The summed E-state index contributed by atoms with van der Waals surface area (Å²) >= 11 is 0. The van der Waals surface area contributed by atoms with Gasteiger partial charge in [-0.05, 0) is 34.9 Å². The fraction of sp³-hybridized carbons (Fsp3) is 0.333. The molecule has 3 rings (SSSR count). The third-order valence-electron chi connectivity index (χ3n) is 3.19. The Bertz CT molecular complexity index is 596. The molecule has 0 saturated heterocycles. The lowest BCUT2D eigenvalue weighted by Gasteiger charge is -2.29. The quantitative estimate of drug-likeness (QED) is 0.841. The predicted molar refractivity (Wildman–Crippen MR) is 66.6 cm³/mol. The van der Waals surface area contributed by atoms with Gasteiger partial charge in [0.05, 0.1) is 5.69 Å². The van der Waals surface area contributed by atoms with Crippen LogP contribution in [0.1, 0.15) is 12.0 Å². The number of benzene rings is 1. The number of aromatic nitrogens is 4. The molecule has 0 atom stereocenters. The molecule has 1 aromatic carbocycles. The minimum absolute atomic E-state index is 0.0702. The summed E-state index contributed by atoms with van der Waals surface area (Å²) in [6, 6.07) is 5.33. The molecule has 7 heteroatoms. The summed E-state index contributed by atoms with van der Waals surface area (Å²) in [6.45, 7) is 0.673. The van der Waals surface area contributed by atoms with Crippen LogP contribution >= 0.6 is 0 Å². The van der Waals surface area contributed by atoms with Crippen LogP contribution in [0.4, 0.5) is 5.69 Å². The van der Waals surface area contributed by atoms with Gasteiger partial charge in [-0.15, -0.1) is 5.10 Å². The van der Waals surface area contributed by atoms with E-state index >= 15 is 0 Å². The van der Waals surface area contributed by atoms with Crippen LogP contribution in [-0.4, -0.2) is 37.8 Å². The highest BCUT2D eigenvalue weighted by Crippen LogP contribution is 2.35. The third-order valence-corrected chi connectivity index (χ3v) is 3.19. The van der Waals surface area contributed by atoms with Crippen molar-refractivity contribution in [2.45, 2.75) is 19.4 Å². The molecule has 1 N–H and O–H groups in total. The first-order valence-electron chi connectivity index (χ1n) is 6.07. The smallest absolute Gasteiger partial charge is 0.248 e. The molecule has 0 radical (unpaired) electrons. The van der Waals surface area contributed by atoms with Gasteiger partial charge in [0, 0.05) is 6.54 Å². The maximum atomic E-state index is 12.3. The molecule has 98 valence electrons. The molecular weight excluding hydrogens is 246 g/mol. The van der Waals surface area contributed by atoms with Gasteiger partial charge in [0.15, 0.2) is 0 Å². The second-order valence-electron chi connectivity index (χ2n) is 4.44. The molecule has 2 heterocycles. The number of carbonyl (C=O) groups excluding carboxylic acids is 1. The lowest BCUT2D eigenvalue weighted by Crippen LogP contribution is -2.37. The number of nitrogens with zero attached hydrogens (tertiary/aromatic N) is 5. The lowest BCUT2D eigenvalue weighted by atomic mass is 10.0. The summed E-state index contributed by atoms with van der Waals surface area (Å²) in [6.07, 6.45) is 3.16. The van der Waals surface area contributed by atoms with Crippen LogP contribution in [0.2, 0.25) is 0 Å². The number of amides is 1. The molecule has 0 unspecified atom stereocenters. The number of phenolic OH excluding ortho intramolecular Hbond substituents is 1. The van der Waals surface area contributed by atoms with E-state index in [0.29, 0.717) is 12.2 Å². The number of para-hydroxylation sites is 1. The molecule has 19 heavy (non-hydrogen) atoms. The van der Waals surface area contributed by atoms with Gasteiger partial charge >= 0.3 is 0 Å². The number of fused-ring (bicyclic) bond motifs is 1. The zero-order valence-corrected chi connectivity index (χ0v) is 10.2. The van der Waals surface area contributed by atoms with Crippen LogP contribution in [0.3, 0.4) is 0 Å². The first-order chi connectivity index (χ1) is 9.25. The van der Waals surface area contributed by atoms with Gasteiger partial charge in [-0.3, -0.25) is 4.79 Å². The van der Waals surface area contributed by atoms with E-state index in [9.17, 15) is 9.90 Å². The Kier molecular flexibility index (Phi) is 2.86. The van der Waals surface area contributed by atoms with Crippen molar-refractivity contribution < 1.29 is 9.90 Å². The number of hydrogen-bond donors (Lipinski definition) is 1. The Morgan fingerprint density at radius 3 is 3.11 bits per heavy atom. The molecule has 1 aromatic heterocycles. The van der Waals surface area contributed by atoms with Gasteiger partial charge in [-0.25, -0.2) is 4.68 Å². The standard InChI is InChI=1S/C12H13N5O2/c18-10-5-1-3-9-4-2-6-17(12(9)10)11(19)7-16-8-13-14-15-16/h1,3,5,8,18H,2,4,6-7H2. The normalized spacial score (nSPS) is 14.2. The number of rotatable bonds is 2. The van der Waals surface area contributed by atoms with Crippen molar-refractivity contribution in [2.24, 2.45) is 0 Å². The number of hydrogen-bond acceptors (Lipinski definition) is 5. The Labute approximate surface area is 109 Å². The zero-order valence-electron chi connectivity index (χ0n) is 10.2. The van der Waals surface area contributed by atoms with Crippen molar-refractivity contribution >= 4 is 11.6 Å². The molecule has 1 amide bonds.